The molecule has 3 aliphatic heterocycles. The molecule has 0 saturated carbocycles. The van der Waals surface area contributed by atoms with Crippen molar-refractivity contribution in [3.8, 4) is 11.8 Å². The van der Waals surface area contributed by atoms with Crippen LogP contribution >= 0.6 is 0 Å². The summed E-state index contributed by atoms with van der Waals surface area (Å²) in [5.74, 6) is -0.279. The quantitative estimate of drug-likeness (QED) is 0.622. The van der Waals surface area contributed by atoms with E-state index in [0.717, 1.165) is 22.6 Å². The second kappa shape index (κ2) is 8.01. The topological polar surface area (TPSA) is 94.0 Å². The van der Waals surface area contributed by atoms with Crippen LogP contribution < -0.4 is 9.64 Å². The maximum Gasteiger partial charge on any atom is 0.417 e. The van der Waals surface area contributed by atoms with Gasteiger partial charge in [0.15, 0.2) is 0 Å². The summed E-state index contributed by atoms with van der Waals surface area (Å²) in [6, 6.07) is 8.65. The number of fused-ring (bicyclic) bond motifs is 5. The number of methoxy groups -OCH3 is 1. The Morgan fingerprint density at radius 3 is 2.66 bits per heavy atom. The standard InChI is InChI=1S/C24H19F3N4O4/c1-35-17-4-2-3-13(7-17)8-20(32)29-12-16-10-19(29)21-22(33)31(23(34)30(16)21)15-6-5-14(11-28)18(9-15)24(25,26)27/h2-7,9,16,19,21H,8,10,12H2,1H3/t16-,19?,21-/m1/s1. The molecule has 1 unspecified atom stereocenters. The average molecular weight is 484 g/mol. The van der Waals surface area contributed by atoms with Gasteiger partial charge in [-0.3, -0.25) is 9.59 Å². The zero-order chi connectivity index (χ0) is 25.1. The number of carbonyl (C=O) groups is 3. The first-order chi connectivity index (χ1) is 16.6. The Morgan fingerprint density at radius 1 is 1.20 bits per heavy atom. The van der Waals surface area contributed by atoms with Gasteiger partial charge in [-0.2, -0.15) is 18.4 Å². The van der Waals surface area contributed by atoms with Crippen LogP contribution in [0.5, 0.6) is 5.75 Å². The van der Waals surface area contributed by atoms with Gasteiger partial charge in [-0.05, 0) is 42.3 Å². The van der Waals surface area contributed by atoms with Gasteiger partial charge < -0.3 is 14.5 Å². The number of likely N-dealkylation sites (tertiary alicyclic amines) is 1. The molecule has 8 nitrogen and oxygen atoms in total. The van der Waals surface area contributed by atoms with Gasteiger partial charge in [-0.15, -0.1) is 0 Å². The maximum atomic E-state index is 13.4. The third-order valence-electron chi connectivity index (χ3n) is 6.76. The zero-order valence-electron chi connectivity index (χ0n) is 18.5. The first kappa shape index (κ1) is 22.7. The highest BCUT2D eigenvalue weighted by atomic mass is 19.4. The number of alkyl halides is 3. The van der Waals surface area contributed by atoms with Gasteiger partial charge >= 0.3 is 12.2 Å². The van der Waals surface area contributed by atoms with Crippen LogP contribution in [-0.2, 0) is 22.2 Å². The number of halogens is 3. The number of hydrogen-bond acceptors (Lipinski definition) is 5. The monoisotopic (exact) mass is 484 g/mol. The smallest absolute Gasteiger partial charge is 0.417 e. The molecule has 3 heterocycles. The summed E-state index contributed by atoms with van der Waals surface area (Å²) < 4.78 is 45.5. The Bertz CT molecular complexity index is 1290. The second-order valence-corrected chi connectivity index (χ2v) is 8.68. The number of piperazine rings is 1. The third kappa shape index (κ3) is 3.56. The lowest BCUT2D eigenvalue weighted by atomic mass is 10.0. The van der Waals surface area contributed by atoms with E-state index in [1.807, 2.05) is 0 Å². The predicted octanol–water partition coefficient (Wildman–Crippen LogP) is 2.95. The minimum absolute atomic E-state index is 0.0869. The number of hydrogen-bond donors (Lipinski definition) is 0. The zero-order valence-corrected chi connectivity index (χ0v) is 18.5. The number of carbonyl (C=O) groups excluding carboxylic acids is 3. The van der Waals surface area contributed by atoms with Gasteiger partial charge in [0.1, 0.15) is 11.8 Å². The molecule has 3 aliphatic rings. The number of anilines is 1. The molecule has 2 bridgehead atoms. The van der Waals surface area contributed by atoms with Gasteiger partial charge in [0.2, 0.25) is 5.91 Å². The lowest BCUT2D eigenvalue weighted by Crippen LogP contribution is -2.55. The molecular formula is C24H19F3N4O4. The lowest BCUT2D eigenvalue weighted by molar-refractivity contribution is -0.138. The van der Waals surface area contributed by atoms with Crippen LogP contribution in [0.1, 0.15) is 23.1 Å². The fourth-order valence-electron chi connectivity index (χ4n) is 5.24. The van der Waals surface area contributed by atoms with Gasteiger partial charge in [0, 0.05) is 6.54 Å². The summed E-state index contributed by atoms with van der Waals surface area (Å²) in [5, 5.41) is 9.02. The minimum atomic E-state index is -4.83. The van der Waals surface area contributed by atoms with Gasteiger partial charge in [0.25, 0.3) is 5.91 Å². The Kier molecular flexibility index (Phi) is 5.20. The van der Waals surface area contributed by atoms with Gasteiger partial charge in [0.05, 0.1) is 48.5 Å². The average Bonchev–Trinajstić information content (AvgIpc) is 3.49. The Labute approximate surface area is 198 Å². The molecule has 0 aromatic heterocycles. The molecule has 35 heavy (non-hydrogen) atoms. The molecule has 0 spiro atoms. The highest BCUT2D eigenvalue weighted by molar-refractivity contribution is 6.22. The van der Waals surface area contributed by atoms with E-state index in [1.54, 1.807) is 29.2 Å². The molecule has 0 N–H and O–H groups in total. The van der Waals surface area contributed by atoms with Crippen molar-refractivity contribution in [3.05, 3.63) is 59.2 Å². The first-order valence-electron chi connectivity index (χ1n) is 10.8. The molecule has 3 fully saturated rings. The summed E-state index contributed by atoms with van der Waals surface area (Å²) in [7, 11) is 1.52. The normalized spacial score (nSPS) is 23.1. The highest BCUT2D eigenvalue weighted by Gasteiger charge is 2.62. The molecule has 2 aromatic carbocycles. The van der Waals surface area contributed by atoms with E-state index in [0.29, 0.717) is 18.2 Å². The van der Waals surface area contributed by atoms with Crippen molar-refractivity contribution in [1.29, 1.82) is 5.26 Å². The predicted molar refractivity (Wildman–Crippen MR) is 115 cm³/mol. The summed E-state index contributed by atoms with van der Waals surface area (Å²) in [5.41, 5.74) is -1.34. The van der Waals surface area contributed by atoms with Gasteiger partial charge in [-0.25, -0.2) is 9.69 Å². The van der Waals surface area contributed by atoms with E-state index in [4.69, 9.17) is 10.00 Å². The number of benzene rings is 2. The fourth-order valence-corrected chi connectivity index (χ4v) is 5.24. The van der Waals surface area contributed by atoms with Crippen LogP contribution in [0.3, 0.4) is 0 Å². The largest absolute Gasteiger partial charge is 0.497 e. The number of nitriles is 1. The van der Waals surface area contributed by atoms with Crippen LogP contribution in [-0.4, -0.2) is 59.4 Å². The van der Waals surface area contributed by atoms with Crippen LogP contribution in [0.15, 0.2) is 42.5 Å². The summed E-state index contributed by atoms with van der Waals surface area (Å²) >= 11 is 0. The van der Waals surface area contributed by atoms with Crippen molar-refractivity contribution >= 4 is 23.5 Å². The Morgan fingerprint density at radius 2 is 1.97 bits per heavy atom. The summed E-state index contributed by atoms with van der Waals surface area (Å²) in [4.78, 5) is 43.1. The molecule has 3 atom stereocenters. The van der Waals surface area contributed by atoms with E-state index in [2.05, 4.69) is 0 Å². The maximum absolute atomic E-state index is 13.4. The second-order valence-electron chi connectivity index (χ2n) is 8.68. The van der Waals surface area contributed by atoms with Crippen LogP contribution in [0.25, 0.3) is 0 Å². The molecule has 0 radical (unpaired) electrons. The van der Waals surface area contributed by atoms with Crippen LogP contribution in [0, 0.1) is 11.3 Å². The van der Waals surface area contributed by atoms with E-state index >= 15 is 0 Å². The fraction of sp³-hybridized carbons (Fsp3) is 0.333. The molecule has 3 saturated heterocycles. The number of nitrogens with zero attached hydrogens (tertiary/aromatic N) is 4. The summed E-state index contributed by atoms with van der Waals surface area (Å²) in [6.45, 7) is 0.248. The third-order valence-corrected chi connectivity index (χ3v) is 6.76. The molecule has 0 aliphatic carbocycles. The molecule has 5 rings (SSSR count). The SMILES string of the molecule is COc1cccc(CC(=O)N2C[C@H]3CC2[C@@H]2C(=O)N(c4ccc(C#N)c(C(F)(F)F)c4)C(=O)N32)c1. The van der Waals surface area contributed by atoms with Crippen molar-refractivity contribution in [3.63, 3.8) is 0 Å². The van der Waals surface area contributed by atoms with E-state index in [9.17, 15) is 27.6 Å². The lowest BCUT2D eigenvalue weighted by Gasteiger charge is -2.35. The van der Waals surface area contributed by atoms with Crippen molar-refractivity contribution in [2.45, 2.75) is 37.1 Å². The first-order valence-corrected chi connectivity index (χ1v) is 10.8. The van der Waals surface area contributed by atoms with E-state index in [-0.39, 0.29) is 24.6 Å². The highest BCUT2D eigenvalue weighted by Crippen LogP contribution is 2.43. The molecule has 2 aromatic rings. The number of rotatable bonds is 4. The molecule has 11 heteroatoms. The Balaban J connectivity index is 1.40. The van der Waals surface area contributed by atoms with Crippen LogP contribution in [0.4, 0.5) is 23.7 Å². The number of amides is 4. The van der Waals surface area contributed by atoms with Gasteiger partial charge in [-0.1, -0.05) is 12.1 Å². The number of ether oxygens (including phenoxy) is 1. The number of urea groups is 1. The minimum Gasteiger partial charge on any atom is -0.497 e. The van der Waals surface area contributed by atoms with E-state index < -0.39 is 47.4 Å². The number of imide groups is 1. The van der Waals surface area contributed by atoms with Crippen molar-refractivity contribution in [2.75, 3.05) is 18.6 Å². The van der Waals surface area contributed by atoms with E-state index in [1.165, 1.54) is 18.1 Å². The molecule has 4 amide bonds. The van der Waals surface area contributed by atoms with Crippen molar-refractivity contribution in [2.24, 2.45) is 0 Å². The molecular weight excluding hydrogens is 465 g/mol. The van der Waals surface area contributed by atoms with Crippen molar-refractivity contribution < 1.29 is 32.3 Å². The summed E-state index contributed by atoms with van der Waals surface area (Å²) in [6.07, 6.45) is -4.31. The molecule has 180 valence electrons. The van der Waals surface area contributed by atoms with Crippen molar-refractivity contribution in [1.82, 2.24) is 9.80 Å². The Hall–Kier alpha value is -4.07. The van der Waals surface area contributed by atoms with Crippen LogP contribution in [0.2, 0.25) is 0 Å².